The van der Waals surface area contributed by atoms with E-state index < -0.39 is 0 Å². The molecule has 0 spiro atoms. The van der Waals surface area contributed by atoms with E-state index in [1.807, 2.05) is 32.3 Å². The van der Waals surface area contributed by atoms with Crippen LogP contribution in [0.15, 0.2) is 42.8 Å². The summed E-state index contributed by atoms with van der Waals surface area (Å²) in [5.41, 5.74) is 6.09. The molecule has 1 aliphatic heterocycles. The highest BCUT2D eigenvalue weighted by Gasteiger charge is 2.16. The fourth-order valence-electron chi connectivity index (χ4n) is 2.48. The molecule has 1 aromatic heterocycles. The zero-order valence-electron chi connectivity index (χ0n) is 12.8. The van der Waals surface area contributed by atoms with Crippen LogP contribution in [0.3, 0.4) is 0 Å². The zero-order valence-corrected chi connectivity index (χ0v) is 12.8. The number of allylic oxidation sites excluding steroid dienone is 1. The summed E-state index contributed by atoms with van der Waals surface area (Å²) >= 11 is 0. The van der Waals surface area contributed by atoms with Crippen LogP contribution in [0, 0.1) is 12.3 Å². The average molecular weight is 290 g/mol. The topological polar surface area (TPSA) is 61.7 Å². The van der Waals surface area contributed by atoms with Gasteiger partial charge in [0.1, 0.15) is 5.82 Å². The van der Waals surface area contributed by atoms with E-state index >= 15 is 0 Å². The molecule has 4 nitrogen and oxygen atoms in total. The van der Waals surface area contributed by atoms with E-state index in [2.05, 4.69) is 40.1 Å². The standard InChI is InChI=1S/C18H18N4/c1-11(2)17(19)16-8-14(15-9-21-12(3)22-10-15)7-13-5-4-6-20-18(13)16/h4-5,7-10,19-20H,1,6H2,2-3H3. The second-order valence-electron chi connectivity index (χ2n) is 5.45. The smallest absolute Gasteiger partial charge is 0.125 e. The number of anilines is 1. The SMILES string of the molecule is C=C(C)C(=N)c1cc(-c2cnc(C)nc2)cc2c1NCC=C2. The molecule has 22 heavy (non-hydrogen) atoms. The number of benzene rings is 1. The largest absolute Gasteiger partial charge is 0.381 e. The highest BCUT2D eigenvalue weighted by Crippen LogP contribution is 2.32. The van der Waals surface area contributed by atoms with Gasteiger partial charge in [0.15, 0.2) is 0 Å². The first-order chi connectivity index (χ1) is 10.6. The number of nitrogens with zero attached hydrogens (tertiary/aromatic N) is 2. The Labute approximate surface area is 130 Å². The number of aryl methyl sites for hydroxylation is 1. The van der Waals surface area contributed by atoms with Crippen LogP contribution in [0.4, 0.5) is 5.69 Å². The van der Waals surface area contributed by atoms with Crippen LogP contribution in [0.2, 0.25) is 0 Å². The number of hydrogen-bond donors (Lipinski definition) is 2. The number of fused-ring (bicyclic) bond motifs is 1. The molecule has 110 valence electrons. The minimum atomic E-state index is 0.453. The summed E-state index contributed by atoms with van der Waals surface area (Å²) in [5, 5.41) is 11.7. The Bertz CT molecular complexity index is 785. The summed E-state index contributed by atoms with van der Waals surface area (Å²) in [6.07, 6.45) is 7.79. The van der Waals surface area contributed by atoms with E-state index in [0.717, 1.165) is 45.9 Å². The van der Waals surface area contributed by atoms with Crippen molar-refractivity contribution in [1.82, 2.24) is 9.97 Å². The Kier molecular flexibility index (Phi) is 3.59. The van der Waals surface area contributed by atoms with Crippen molar-refractivity contribution in [2.24, 2.45) is 0 Å². The lowest BCUT2D eigenvalue weighted by atomic mass is 9.93. The van der Waals surface area contributed by atoms with Crippen molar-refractivity contribution in [3.05, 3.63) is 59.7 Å². The van der Waals surface area contributed by atoms with Gasteiger partial charge in [-0.2, -0.15) is 0 Å². The maximum absolute atomic E-state index is 8.32. The first-order valence-electron chi connectivity index (χ1n) is 7.18. The molecular formula is C18H18N4. The minimum absolute atomic E-state index is 0.453. The lowest BCUT2D eigenvalue weighted by Gasteiger charge is -2.20. The van der Waals surface area contributed by atoms with Crippen molar-refractivity contribution in [2.45, 2.75) is 13.8 Å². The Morgan fingerprint density at radius 1 is 1.23 bits per heavy atom. The van der Waals surface area contributed by atoms with Crippen LogP contribution in [0.1, 0.15) is 23.9 Å². The molecule has 2 aromatic rings. The second kappa shape index (κ2) is 5.56. The predicted octanol–water partition coefficient (Wildman–Crippen LogP) is 3.83. The monoisotopic (exact) mass is 290 g/mol. The lowest BCUT2D eigenvalue weighted by Crippen LogP contribution is -2.12. The van der Waals surface area contributed by atoms with Gasteiger partial charge in [-0.3, -0.25) is 5.41 Å². The highest BCUT2D eigenvalue weighted by atomic mass is 14.9. The molecule has 1 aliphatic rings. The maximum Gasteiger partial charge on any atom is 0.125 e. The Hall–Kier alpha value is -2.75. The van der Waals surface area contributed by atoms with E-state index in [0.29, 0.717) is 5.71 Å². The number of aromatic nitrogens is 2. The summed E-state index contributed by atoms with van der Waals surface area (Å²) < 4.78 is 0. The summed E-state index contributed by atoms with van der Waals surface area (Å²) in [7, 11) is 0. The van der Waals surface area contributed by atoms with Crippen LogP contribution in [-0.2, 0) is 0 Å². The number of rotatable bonds is 3. The van der Waals surface area contributed by atoms with Gasteiger partial charge >= 0.3 is 0 Å². The molecule has 0 unspecified atom stereocenters. The van der Waals surface area contributed by atoms with Gasteiger partial charge in [0, 0.05) is 30.1 Å². The average Bonchev–Trinajstić information content (AvgIpc) is 2.53. The molecule has 0 aliphatic carbocycles. The van der Waals surface area contributed by atoms with Crippen molar-refractivity contribution >= 4 is 17.5 Å². The van der Waals surface area contributed by atoms with E-state index in [4.69, 9.17) is 5.41 Å². The van der Waals surface area contributed by atoms with E-state index in [1.54, 1.807) is 0 Å². The molecule has 0 saturated heterocycles. The summed E-state index contributed by atoms with van der Waals surface area (Å²) in [6.45, 7) is 8.40. The molecule has 2 N–H and O–H groups in total. The fraction of sp³-hybridized carbons (Fsp3) is 0.167. The van der Waals surface area contributed by atoms with E-state index in [1.165, 1.54) is 0 Å². The van der Waals surface area contributed by atoms with Crippen LogP contribution in [0.25, 0.3) is 17.2 Å². The maximum atomic E-state index is 8.32. The van der Waals surface area contributed by atoms with Crippen molar-refractivity contribution < 1.29 is 0 Å². The van der Waals surface area contributed by atoms with Gasteiger partial charge in [-0.15, -0.1) is 0 Å². The van der Waals surface area contributed by atoms with Gasteiger partial charge in [0.2, 0.25) is 0 Å². The quantitative estimate of drug-likeness (QED) is 0.844. The summed E-state index contributed by atoms with van der Waals surface area (Å²) in [6, 6.07) is 4.11. The second-order valence-corrected chi connectivity index (χ2v) is 5.45. The minimum Gasteiger partial charge on any atom is -0.381 e. The van der Waals surface area contributed by atoms with Gasteiger partial charge in [0.05, 0.1) is 11.4 Å². The van der Waals surface area contributed by atoms with Crippen molar-refractivity contribution in [1.29, 1.82) is 5.41 Å². The van der Waals surface area contributed by atoms with Crippen LogP contribution in [0.5, 0.6) is 0 Å². The van der Waals surface area contributed by atoms with Crippen molar-refractivity contribution in [3.8, 4) is 11.1 Å². The van der Waals surface area contributed by atoms with E-state index in [-0.39, 0.29) is 0 Å². The summed E-state index contributed by atoms with van der Waals surface area (Å²) in [5.74, 6) is 0.748. The van der Waals surface area contributed by atoms with Crippen LogP contribution in [-0.4, -0.2) is 22.2 Å². The number of hydrogen-bond acceptors (Lipinski definition) is 4. The molecule has 0 bridgehead atoms. The third kappa shape index (κ3) is 2.55. The molecule has 0 fully saturated rings. The van der Waals surface area contributed by atoms with E-state index in [9.17, 15) is 0 Å². The first kappa shape index (κ1) is 14.2. The van der Waals surface area contributed by atoms with Gasteiger partial charge in [-0.25, -0.2) is 9.97 Å². The molecular weight excluding hydrogens is 272 g/mol. The number of nitrogens with one attached hydrogen (secondary N) is 2. The molecule has 0 saturated carbocycles. The Morgan fingerprint density at radius 3 is 2.64 bits per heavy atom. The van der Waals surface area contributed by atoms with Crippen molar-refractivity contribution in [3.63, 3.8) is 0 Å². The fourth-order valence-corrected chi connectivity index (χ4v) is 2.48. The first-order valence-corrected chi connectivity index (χ1v) is 7.18. The molecule has 0 amide bonds. The van der Waals surface area contributed by atoms with Crippen LogP contribution < -0.4 is 5.32 Å². The molecule has 3 rings (SSSR count). The summed E-state index contributed by atoms with van der Waals surface area (Å²) in [4.78, 5) is 8.52. The molecule has 1 aromatic carbocycles. The zero-order chi connectivity index (χ0) is 15.7. The van der Waals surface area contributed by atoms with Gasteiger partial charge in [-0.05, 0) is 42.7 Å². The molecule has 2 heterocycles. The lowest BCUT2D eigenvalue weighted by molar-refractivity contribution is 1.06. The van der Waals surface area contributed by atoms with Gasteiger partial charge in [0.25, 0.3) is 0 Å². The Morgan fingerprint density at radius 2 is 1.95 bits per heavy atom. The predicted molar refractivity (Wildman–Crippen MR) is 91.4 cm³/mol. The third-order valence-electron chi connectivity index (χ3n) is 3.67. The Balaban J connectivity index is 2.19. The van der Waals surface area contributed by atoms with Gasteiger partial charge < -0.3 is 5.32 Å². The normalized spacial score (nSPS) is 12.5. The highest BCUT2D eigenvalue weighted by molar-refractivity contribution is 6.14. The third-order valence-corrected chi connectivity index (χ3v) is 3.67. The molecule has 0 atom stereocenters. The van der Waals surface area contributed by atoms with Gasteiger partial charge in [-0.1, -0.05) is 18.7 Å². The molecule has 0 radical (unpaired) electrons. The van der Waals surface area contributed by atoms with Crippen LogP contribution >= 0.6 is 0 Å². The van der Waals surface area contributed by atoms with Crippen molar-refractivity contribution in [2.75, 3.05) is 11.9 Å². The molecule has 4 heteroatoms.